The third-order valence-electron chi connectivity index (χ3n) is 2.77. The molecular formula is C15H12ClFO. The van der Waals surface area contributed by atoms with Crippen LogP contribution in [0.15, 0.2) is 42.5 Å². The highest BCUT2D eigenvalue weighted by atomic mass is 35.5. The summed E-state index contributed by atoms with van der Waals surface area (Å²) >= 11 is 6.03. The van der Waals surface area contributed by atoms with Crippen LogP contribution in [0.3, 0.4) is 0 Å². The molecule has 0 saturated carbocycles. The van der Waals surface area contributed by atoms with Gasteiger partial charge in [-0.3, -0.25) is 4.79 Å². The van der Waals surface area contributed by atoms with Crippen LogP contribution in [-0.2, 0) is 0 Å². The van der Waals surface area contributed by atoms with Crippen molar-refractivity contribution in [3.05, 3.63) is 58.9 Å². The first kappa shape index (κ1) is 12.8. The number of hydrogen-bond donors (Lipinski definition) is 0. The van der Waals surface area contributed by atoms with Gasteiger partial charge in [-0.15, -0.1) is 0 Å². The van der Waals surface area contributed by atoms with Gasteiger partial charge in [0.25, 0.3) is 0 Å². The number of carbonyl (C=O) groups is 1. The normalized spacial score (nSPS) is 10.4. The lowest BCUT2D eigenvalue weighted by molar-refractivity contribution is 0.0988. The van der Waals surface area contributed by atoms with Gasteiger partial charge in [0.05, 0.1) is 0 Å². The first-order valence-corrected chi connectivity index (χ1v) is 6.08. The van der Waals surface area contributed by atoms with Gasteiger partial charge in [-0.25, -0.2) is 4.39 Å². The smallest absolute Gasteiger partial charge is 0.162 e. The summed E-state index contributed by atoms with van der Waals surface area (Å²) in [5.74, 6) is -0.241. The van der Waals surface area contributed by atoms with Crippen LogP contribution in [0.1, 0.15) is 23.7 Å². The fourth-order valence-corrected chi connectivity index (χ4v) is 1.99. The molecule has 0 N–H and O–H groups in total. The van der Waals surface area contributed by atoms with E-state index < -0.39 is 0 Å². The fraction of sp³-hybridized carbons (Fsp3) is 0.133. The Morgan fingerprint density at radius 3 is 2.44 bits per heavy atom. The van der Waals surface area contributed by atoms with Gasteiger partial charge in [0.1, 0.15) is 5.82 Å². The van der Waals surface area contributed by atoms with Crippen molar-refractivity contribution in [2.75, 3.05) is 0 Å². The summed E-state index contributed by atoms with van der Waals surface area (Å²) in [5, 5.41) is 0.492. The van der Waals surface area contributed by atoms with Crippen molar-refractivity contribution in [1.82, 2.24) is 0 Å². The second-order valence-electron chi connectivity index (χ2n) is 3.98. The highest BCUT2D eigenvalue weighted by Gasteiger charge is 2.07. The van der Waals surface area contributed by atoms with Crippen LogP contribution >= 0.6 is 11.6 Å². The Morgan fingerprint density at radius 1 is 1.17 bits per heavy atom. The van der Waals surface area contributed by atoms with Crippen LogP contribution in [0.4, 0.5) is 4.39 Å². The van der Waals surface area contributed by atoms with E-state index in [1.807, 2.05) is 6.92 Å². The molecule has 0 aromatic heterocycles. The molecule has 0 atom stereocenters. The van der Waals surface area contributed by atoms with Crippen molar-refractivity contribution in [1.29, 1.82) is 0 Å². The number of benzene rings is 2. The van der Waals surface area contributed by atoms with Crippen LogP contribution < -0.4 is 0 Å². The second kappa shape index (κ2) is 5.32. The molecule has 0 heterocycles. The maximum Gasteiger partial charge on any atom is 0.162 e. The van der Waals surface area contributed by atoms with Gasteiger partial charge in [-0.05, 0) is 23.8 Å². The van der Waals surface area contributed by atoms with E-state index in [1.54, 1.807) is 24.3 Å². The molecule has 0 fully saturated rings. The van der Waals surface area contributed by atoms with Crippen LogP contribution in [0, 0.1) is 5.82 Å². The van der Waals surface area contributed by atoms with E-state index >= 15 is 0 Å². The standard InChI is InChI=1S/C15H12ClFO/c1-2-15(18)11-5-3-10(4-6-11)13-9-12(17)7-8-14(13)16/h3-9H,2H2,1H3. The molecule has 0 aliphatic heterocycles. The van der Waals surface area contributed by atoms with Gasteiger partial charge >= 0.3 is 0 Å². The van der Waals surface area contributed by atoms with E-state index in [4.69, 9.17) is 11.6 Å². The molecule has 1 nitrogen and oxygen atoms in total. The van der Waals surface area contributed by atoms with Gasteiger partial charge in [0.2, 0.25) is 0 Å². The number of hydrogen-bond acceptors (Lipinski definition) is 1. The minimum atomic E-state index is -0.330. The zero-order valence-electron chi connectivity index (χ0n) is 9.91. The van der Waals surface area contributed by atoms with Crippen molar-refractivity contribution in [3.63, 3.8) is 0 Å². The Labute approximate surface area is 110 Å². The maximum atomic E-state index is 13.2. The lowest BCUT2D eigenvalue weighted by Gasteiger charge is -2.06. The Morgan fingerprint density at radius 2 is 1.83 bits per heavy atom. The lowest BCUT2D eigenvalue weighted by atomic mass is 10.0. The molecule has 0 spiro atoms. The monoisotopic (exact) mass is 262 g/mol. The van der Waals surface area contributed by atoms with Gasteiger partial charge in [-0.2, -0.15) is 0 Å². The highest BCUT2D eigenvalue weighted by Crippen LogP contribution is 2.28. The predicted molar refractivity (Wildman–Crippen MR) is 71.5 cm³/mol. The van der Waals surface area contributed by atoms with Crippen molar-refractivity contribution < 1.29 is 9.18 Å². The molecule has 3 heteroatoms. The molecular weight excluding hydrogens is 251 g/mol. The average Bonchev–Trinajstić information content (AvgIpc) is 2.41. The van der Waals surface area contributed by atoms with E-state index in [1.165, 1.54) is 18.2 Å². The molecule has 0 radical (unpaired) electrons. The van der Waals surface area contributed by atoms with E-state index in [-0.39, 0.29) is 11.6 Å². The van der Waals surface area contributed by atoms with Gasteiger partial charge in [-0.1, -0.05) is 42.8 Å². The number of Topliss-reactive ketones (excluding diaryl/α,β-unsaturated/α-hetero) is 1. The molecule has 2 aromatic rings. The fourth-order valence-electron chi connectivity index (χ4n) is 1.76. The molecule has 0 aliphatic carbocycles. The maximum absolute atomic E-state index is 13.2. The molecule has 2 rings (SSSR count). The third kappa shape index (κ3) is 2.59. The largest absolute Gasteiger partial charge is 0.294 e. The summed E-state index contributed by atoms with van der Waals surface area (Å²) in [6.07, 6.45) is 0.472. The van der Waals surface area contributed by atoms with Crippen molar-refractivity contribution in [2.45, 2.75) is 13.3 Å². The molecule has 2 aromatic carbocycles. The molecule has 0 aliphatic rings. The van der Waals surface area contributed by atoms with E-state index in [2.05, 4.69) is 0 Å². The number of rotatable bonds is 3. The SMILES string of the molecule is CCC(=O)c1ccc(-c2cc(F)ccc2Cl)cc1. The molecule has 0 bridgehead atoms. The summed E-state index contributed by atoms with van der Waals surface area (Å²) < 4.78 is 13.2. The average molecular weight is 263 g/mol. The number of carbonyl (C=O) groups excluding carboxylic acids is 1. The summed E-state index contributed by atoms with van der Waals surface area (Å²) in [6, 6.07) is 11.3. The number of halogens is 2. The Balaban J connectivity index is 2.40. The lowest BCUT2D eigenvalue weighted by Crippen LogP contribution is -1.95. The minimum Gasteiger partial charge on any atom is -0.294 e. The summed E-state index contributed by atoms with van der Waals surface area (Å²) in [7, 11) is 0. The molecule has 0 saturated heterocycles. The third-order valence-corrected chi connectivity index (χ3v) is 3.10. The zero-order chi connectivity index (χ0) is 13.1. The van der Waals surface area contributed by atoms with Crippen molar-refractivity contribution in [2.24, 2.45) is 0 Å². The topological polar surface area (TPSA) is 17.1 Å². The van der Waals surface area contributed by atoms with Crippen LogP contribution in [0.25, 0.3) is 11.1 Å². The highest BCUT2D eigenvalue weighted by molar-refractivity contribution is 6.33. The Bertz CT molecular complexity index is 576. The number of ketones is 1. The minimum absolute atomic E-state index is 0.0897. The molecule has 0 unspecified atom stereocenters. The van der Waals surface area contributed by atoms with Crippen LogP contribution in [-0.4, -0.2) is 5.78 Å². The van der Waals surface area contributed by atoms with E-state index in [9.17, 15) is 9.18 Å². The van der Waals surface area contributed by atoms with Gasteiger partial charge < -0.3 is 0 Å². The van der Waals surface area contributed by atoms with Gasteiger partial charge in [0, 0.05) is 22.6 Å². The van der Waals surface area contributed by atoms with Crippen LogP contribution in [0.5, 0.6) is 0 Å². The van der Waals surface area contributed by atoms with Gasteiger partial charge in [0.15, 0.2) is 5.78 Å². The van der Waals surface area contributed by atoms with E-state index in [0.717, 1.165) is 5.56 Å². The Hall–Kier alpha value is -1.67. The zero-order valence-corrected chi connectivity index (χ0v) is 10.7. The summed E-state index contributed by atoms with van der Waals surface area (Å²) in [5.41, 5.74) is 2.09. The second-order valence-corrected chi connectivity index (χ2v) is 4.39. The van der Waals surface area contributed by atoms with Crippen molar-refractivity contribution >= 4 is 17.4 Å². The van der Waals surface area contributed by atoms with E-state index in [0.29, 0.717) is 22.6 Å². The molecule has 0 amide bonds. The molecule has 92 valence electrons. The quantitative estimate of drug-likeness (QED) is 0.730. The summed E-state index contributed by atoms with van der Waals surface area (Å²) in [6.45, 7) is 1.82. The van der Waals surface area contributed by atoms with Crippen LogP contribution in [0.2, 0.25) is 5.02 Å². The first-order valence-electron chi connectivity index (χ1n) is 5.70. The Kier molecular flexibility index (Phi) is 3.78. The summed E-state index contributed by atoms with van der Waals surface area (Å²) in [4.78, 5) is 11.5. The van der Waals surface area contributed by atoms with Crippen molar-refractivity contribution in [3.8, 4) is 11.1 Å². The molecule has 18 heavy (non-hydrogen) atoms. The predicted octanol–water partition coefficient (Wildman–Crippen LogP) is 4.74. The first-order chi connectivity index (χ1) is 8.61.